The van der Waals surface area contributed by atoms with Gasteiger partial charge in [-0.3, -0.25) is 14.7 Å². The summed E-state index contributed by atoms with van der Waals surface area (Å²) in [6.07, 6.45) is 3.64. The van der Waals surface area contributed by atoms with E-state index in [0.29, 0.717) is 0 Å². The summed E-state index contributed by atoms with van der Waals surface area (Å²) in [5.41, 5.74) is 1.06. The first-order valence-electron chi connectivity index (χ1n) is 9.11. The van der Waals surface area contributed by atoms with E-state index in [-0.39, 0.29) is 36.5 Å². The van der Waals surface area contributed by atoms with Crippen molar-refractivity contribution in [2.24, 2.45) is 0 Å². The number of halogens is 2. The Hall–Kier alpha value is -2.38. The van der Waals surface area contributed by atoms with Crippen LogP contribution < -0.4 is 10.6 Å². The summed E-state index contributed by atoms with van der Waals surface area (Å²) in [5.74, 6) is -1.33. The number of nitrogens with one attached hydrogen (secondary N) is 2. The number of pyridine rings is 1. The Morgan fingerprint density at radius 3 is 2.81 bits per heavy atom. The molecule has 144 valence electrons. The molecule has 0 spiro atoms. The third-order valence-electron chi connectivity index (χ3n) is 4.75. The zero-order valence-corrected chi connectivity index (χ0v) is 15.3. The van der Waals surface area contributed by atoms with Crippen LogP contribution >= 0.6 is 0 Å². The van der Waals surface area contributed by atoms with Gasteiger partial charge in [-0.1, -0.05) is 12.1 Å². The minimum absolute atomic E-state index is 0.000656. The molecule has 0 radical (unpaired) electrons. The molecule has 2 unspecified atom stereocenters. The maximum Gasteiger partial charge on any atom is 0.234 e. The van der Waals surface area contributed by atoms with Gasteiger partial charge in [0.1, 0.15) is 11.6 Å². The number of hydrogen-bond acceptors (Lipinski definition) is 4. The zero-order chi connectivity index (χ0) is 19.2. The Kier molecular flexibility index (Phi) is 6.47. The molecular formula is C20H24F2N4O. The molecule has 2 N–H and O–H groups in total. The van der Waals surface area contributed by atoms with Crippen molar-refractivity contribution in [3.63, 3.8) is 0 Å². The van der Waals surface area contributed by atoms with Gasteiger partial charge in [-0.05, 0) is 37.1 Å². The van der Waals surface area contributed by atoms with Crippen LogP contribution in [-0.2, 0) is 11.2 Å². The molecule has 1 aromatic heterocycles. The maximum atomic E-state index is 13.8. The average Bonchev–Trinajstić information content (AvgIpc) is 2.66. The second-order valence-corrected chi connectivity index (χ2v) is 6.85. The third-order valence-corrected chi connectivity index (χ3v) is 4.75. The van der Waals surface area contributed by atoms with Gasteiger partial charge in [0, 0.05) is 49.7 Å². The lowest BCUT2D eigenvalue weighted by Gasteiger charge is -2.36. The average molecular weight is 374 g/mol. The standard InChI is InChI=1S/C20H24F2N4O/c1-14(10-16-17(21)5-2-6-18(16)22)25-20(27)13-26-9-8-24-12-19(26)15-4-3-7-23-11-15/h2-7,11,14,19,24H,8-10,12-13H2,1H3,(H,25,27). The molecule has 1 fully saturated rings. The molecule has 1 aliphatic heterocycles. The smallest absolute Gasteiger partial charge is 0.234 e. The maximum absolute atomic E-state index is 13.8. The number of carbonyl (C=O) groups is 1. The van der Waals surface area contributed by atoms with Gasteiger partial charge in [-0.25, -0.2) is 8.78 Å². The fraction of sp³-hybridized carbons (Fsp3) is 0.400. The second kappa shape index (κ2) is 9.01. The third kappa shape index (κ3) is 5.08. The van der Waals surface area contributed by atoms with Gasteiger partial charge in [0.25, 0.3) is 0 Å². The number of benzene rings is 1. The van der Waals surface area contributed by atoms with E-state index in [2.05, 4.69) is 20.5 Å². The first-order chi connectivity index (χ1) is 13.0. The molecule has 2 heterocycles. The number of aromatic nitrogens is 1. The topological polar surface area (TPSA) is 57.3 Å². The van der Waals surface area contributed by atoms with Crippen LogP contribution in [0.15, 0.2) is 42.7 Å². The van der Waals surface area contributed by atoms with E-state index in [4.69, 9.17) is 0 Å². The van der Waals surface area contributed by atoms with Gasteiger partial charge < -0.3 is 10.6 Å². The van der Waals surface area contributed by atoms with Gasteiger partial charge in [0.05, 0.1) is 6.54 Å². The van der Waals surface area contributed by atoms with E-state index in [0.717, 1.165) is 25.2 Å². The monoisotopic (exact) mass is 374 g/mol. The predicted molar refractivity (Wildman–Crippen MR) is 99.1 cm³/mol. The number of rotatable bonds is 6. The number of amides is 1. The van der Waals surface area contributed by atoms with Crippen molar-refractivity contribution in [3.8, 4) is 0 Å². The lowest BCUT2D eigenvalue weighted by atomic mass is 10.0. The first kappa shape index (κ1) is 19.4. The van der Waals surface area contributed by atoms with Crippen molar-refractivity contribution >= 4 is 5.91 Å². The van der Waals surface area contributed by atoms with Gasteiger partial charge in [0.15, 0.2) is 0 Å². The molecule has 1 amide bonds. The fourth-order valence-electron chi connectivity index (χ4n) is 3.43. The molecule has 2 atom stereocenters. The van der Waals surface area contributed by atoms with Gasteiger partial charge >= 0.3 is 0 Å². The zero-order valence-electron chi connectivity index (χ0n) is 15.3. The molecule has 0 bridgehead atoms. The van der Waals surface area contributed by atoms with Crippen molar-refractivity contribution in [3.05, 3.63) is 65.5 Å². The predicted octanol–water partition coefficient (Wildman–Crippen LogP) is 2.05. The van der Waals surface area contributed by atoms with E-state index < -0.39 is 11.6 Å². The Morgan fingerprint density at radius 2 is 2.11 bits per heavy atom. The second-order valence-electron chi connectivity index (χ2n) is 6.85. The van der Waals surface area contributed by atoms with Crippen molar-refractivity contribution in [2.45, 2.75) is 25.4 Å². The van der Waals surface area contributed by atoms with Crippen LogP contribution in [0, 0.1) is 11.6 Å². The molecule has 1 aromatic carbocycles. The molecule has 1 saturated heterocycles. The van der Waals surface area contributed by atoms with Crippen LogP contribution in [0.3, 0.4) is 0 Å². The minimum atomic E-state index is -0.588. The summed E-state index contributed by atoms with van der Waals surface area (Å²) in [5, 5.41) is 6.19. The van der Waals surface area contributed by atoms with Gasteiger partial charge in [-0.15, -0.1) is 0 Å². The molecule has 2 aromatic rings. The summed E-state index contributed by atoms with van der Waals surface area (Å²) in [6, 6.07) is 7.37. The van der Waals surface area contributed by atoms with Gasteiger partial charge in [0.2, 0.25) is 5.91 Å². The van der Waals surface area contributed by atoms with E-state index in [1.807, 2.05) is 18.3 Å². The largest absolute Gasteiger partial charge is 0.352 e. The normalized spacial score (nSPS) is 18.9. The molecule has 27 heavy (non-hydrogen) atoms. The number of hydrogen-bond donors (Lipinski definition) is 2. The Morgan fingerprint density at radius 1 is 1.33 bits per heavy atom. The molecule has 7 heteroatoms. The van der Waals surface area contributed by atoms with E-state index in [1.165, 1.54) is 18.2 Å². The van der Waals surface area contributed by atoms with Crippen LogP contribution in [0.1, 0.15) is 24.1 Å². The summed E-state index contributed by atoms with van der Waals surface area (Å²) >= 11 is 0. The van der Waals surface area contributed by atoms with Crippen LogP contribution in [0.2, 0.25) is 0 Å². The highest BCUT2D eigenvalue weighted by molar-refractivity contribution is 5.78. The van der Waals surface area contributed by atoms with E-state index in [9.17, 15) is 13.6 Å². The van der Waals surface area contributed by atoms with E-state index >= 15 is 0 Å². The highest BCUT2D eigenvalue weighted by Crippen LogP contribution is 2.21. The number of carbonyl (C=O) groups excluding carboxylic acids is 1. The molecular weight excluding hydrogens is 350 g/mol. The number of piperazine rings is 1. The Bertz CT molecular complexity index is 752. The molecule has 1 aliphatic rings. The van der Waals surface area contributed by atoms with Crippen molar-refractivity contribution in [1.82, 2.24) is 20.5 Å². The molecule has 0 saturated carbocycles. The summed E-state index contributed by atoms with van der Waals surface area (Å²) < 4.78 is 27.6. The highest BCUT2D eigenvalue weighted by atomic mass is 19.1. The quantitative estimate of drug-likeness (QED) is 0.813. The minimum Gasteiger partial charge on any atom is -0.352 e. The van der Waals surface area contributed by atoms with Crippen molar-refractivity contribution in [1.29, 1.82) is 0 Å². The SMILES string of the molecule is CC(Cc1c(F)cccc1F)NC(=O)CN1CCNCC1c1cccnc1. The Balaban J connectivity index is 1.59. The lowest BCUT2D eigenvalue weighted by molar-refractivity contribution is -0.123. The molecule has 5 nitrogen and oxygen atoms in total. The number of nitrogens with zero attached hydrogens (tertiary/aromatic N) is 2. The van der Waals surface area contributed by atoms with Gasteiger partial charge in [-0.2, -0.15) is 0 Å². The molecule has 3 rings (SSSR count). The summed E-state index contributed by atoms with van der Waals surface area (Å²) in [6.45, 7) is 4.27. The van der Waals surface area contributed by atoms with Crippen molar-refractivity contribution in [2.75, 3.05) is 26.2 Å². The highest BCUT2D eigenvalue weighted by Gasteiger charge is 2.26. The first-order valence-corrected chi connectivity index (χ1v) is 9.11. The van der Waals surface area contributed by atoms with Crippen LogP contribution in [0.4, 0.5) is 8.78 Å². The van der Waals surface area contributed by atoms with Crippen molar-refractivity contribution < 1.29 is 13.6 Å². The van der Waals surface area contributed by atoms with E-state index in [1.54, 1.807) is 13.1 Å². The van der Waals surface area contributed by atoms with Crippen LogP contribution in [-0.4, -0.2) is 48.0 Å². The molecule has 0 aliphatic carbocycles. The van der Waals surface area contributed by atoms with Crippen LogP contribution in [0.25, 0.3) is 0 Å². The fourth-order valence-corrected chi connectivity index (χ4v) is 3.43. The van der Waals surface area contributed by atoms with Crippen LogP contribution in [0.5, 0.6) is 0 Å². The lowest BCUT2D eigenvalue weighted by Crippen LogP contribution is -2.50. The Labute approximate surface area is 157 Å². The summed E-state index contributed by atoms with van der Waals surface area (Å²) in [7, 11) is 0. The summed E-state index contributed by atoms with van der Waals surface area (Å²) in [4.78, 5) is 18.7.